The van der Waals surface area contributed by atoms with Crippen molar-refractivity contribution in [1.82, 2.24) is 4.98 Å². The van der Waals surface area contributed by atoms with Gasteiger partial charge < -0.3 is 15.4 Å². The number of nitrogens with one attached hydrogen (secondary N) is 2. The first-order valence-corrected chi connectivity index (χ1v) is 8.12. The molecular formula is C19H16F3N3O4. The van der Waals surface area contributed by atoms with Gasteiger partial charge in [-0.15, -0.1) is 0 Å². The Morgan fingerprint density at radius 2 is 1.69 bits per heavy atom. The smallest absolute Gasteiger partial charge is 0.417 e. The first kappa shape index (κ1) is 21.6. The monoisotopic (exact) mass is 407 g/mol. The first-order chi connectivity index (χ1) is 13.6. The number of amides is 2. The second kappa shape index (κ2) is 9.00. The largest absolute Gasteiger partial charge is 0.465 e. The van der Waals surface area contributed by atoms with Crippen LogP contribution in [0.3, 0.4) is 0 Å². The summed E-state index contributed by atoms with van der Waals surface area (Å²) in [7, 11) is 1.25. The van der Waals surface area contributed by atoms with Gasteiger partial charge in [0.2, 0.25) is 5.91 Å². The van der Waals surface area contributed by atoms with Gasteiger partial charge in [0.25, 0.3) is 5.91 Å². The molecule has 29 heavy (non-hydrogen) atoms. The fraction of sp³-hybridized carbons (Fsp3) is 0.158. The number of aromatic nitrogens is 1. The molecule has 0 spiro atoms. The van der Waals surface area contributed by atoms with E-state index in [-0.39, 0.29) is 11.4 Å². The van der Waals surface area contributed by atoms with Gasteiger partial charge in [-0.3, -0.25) is 9.59 Å². The Morgan fingerprint density at radius 1 is 1.03 bits per heavy atom. The van der Waals surface area contributed by atoms with Crippen molar-refractivity contribution in [3.05, 3.63) is 65.4 Å². The van der Waals surface area contributed by atoms with Gasteiger partial charge in [0.15, 0.2) is 0 Å². The summed E-state index contributed by atoms with van der Waals surface area (Å²) >= 11 is 0. The molecule has 2 amide bonds. The lowest BCUT2D eigenvalue weighted by atomic mass is 10.2. The molecule has 2 rings (SSSR count). The van der Waals surface area contributed by atoms with Gasteiger partial charge in [0, 0.05) is 23.5 Å². The zero-order valence-electron chi connectivity index (χ0n) is 15.3. The number of carbonyl (C=O) groups excluding carboxylic acids is 3. The second-order valence-electron chi connectivity index (χ2n) is 5.77. The zero-order chi connectivity index (χ0) is 21.6. The molecule has 7 nitrogen and oxygen atoms in total. The maximum Gasteiger partial charge on any atom is 0.417 e. The van der Waals surface area contributed by atoms with Crippen LogP contribution < -0.4 is 10.6 Å². The summed E-state index contributed by atoms with van der Waals surface area (Å²) in [6.07, 6.45) is -2.95. The van der Waals surface area contributed by atoms with Crippen molar-refractivity contribution in [2.75, 3.05) is 17.7 Å². The minimum Gasteiger partial charge on any atom is -0.465 e. The highest BCUT2D eigenvalue weighted by Crippen LogP contribution is 2.28. The van der Waals surface area contributed by atoms with Crippen molar-refractivity contribution in [2.24, 2.45) is 0 Å². The van der Waals surface area contributed by atoms with E-state index in [1.807, 2.05) is 0 Å². The number of hydrogen-bond acceptors (Lipinski definition) is 5. The SMILES string of the molecule is COC(=O)c1ccc(NC(=O)/C(C)=C/C(=O)Nc2ccc(C(F)(F)F)cn2)cc1. The molecule has 2 aromatic rings. The lowest BCUT2D eigenvalue weighted by Crippen LogP contribution is -2.17. The van der Waals surface area contributed by atoms with Gasteiger partial charge in [-0.1, -0.05) is 0 Å². The number of methoxy groups -OCH3 is 1. The van der Waals surface area contributed by atoms with E-state index in [1.54, 1.807) is 0 Å². The number of hydrogen-bond donors (Lipinski definition) is 2. The average molecular weight is 407 g/mol. The van der Waals surface area contributed by atoms with Crippen molar-refractivity contribution in [1.29, 1.82) is 0 Å². The number of ether oxygens (including phenoxy) is 1. The molecule has 0 radical (unpaired) electrons. The summed E-state index contributed by atoms with van der Waals surface area (Å²) < 4.78 is 42.1. The number of pyridine rings is 1. The van der Waals surface area contributed by atoms with E-state index in [9.17, 15) is 27.6 Å². The minimum atomic E-state index is -4.53. The van der Waals surface area contributed by atoms with Gasteiger partial charge in [0.1, 0.15) is 5.82 Å². The molecule has 1 aromatic heterocycles. The quantitative estimate of drug-likeness (QED) is 0.585. The van der Waals surface area contributed by atoms with Crippen LogP contribution in [0.5, 0.6) is 0 Å². The Labute approximate surface area is 163 Å². The molecule has 0 bridgehead atoms. The van der Waals surface area contributed by atoms with Crippen LogP contribution in [0.2, 0.25) is 0 Å². The predicted octanol–water partition coefficient (Wildman–Crippen LogP) is 3.41. The van der Waals surface area contributed by atoms with E-state index in [4.69, 9.17) is 0 Å². The molecular weight excluding hydrogens is 391 g/mol. The Morgan fingerprint density at radius 3 is 2.21 bits per heavy atom. The number of nitrogens with zero attached hydrogens (tertiary/aromatic N) is 1. The van der Waals surface area contributed by atoms with Gasteiger partial charge in [-0.25, -0.2) is 9.78 Å². The highest BCUT2D eigenvalue weighted by molar-refractivity contribution is 6.09. The molecule has 0 atom stereocenters. The summed E-state index contributed by atoms with van der Waals surface area (Å²) in [5.74, 6) is -1.92. The molecule has 0 aliphatic heterocycles. The van der Waals surface area contributed by atoms with Crippen molar-refractivity contribution < 1.29 is 32.3 Å². The highest BCUT2D eigenvalue weighted by Gasteiger charge is 2.30. The summed E-state index contributed by atoms with van der Waals surface area (Å²) in [5, 5.41) is 4.81. The Balaban J connectivity index is 1.97. The Kier molecular flexibility index (Phi) is 6.71. The van der Waals surface area contributed by atoms with Crippen molar-refractivity contribution in [2.45, 2.75) is 13.1 Å². The first-order valence-electron chi connectivity index (χ1n) is 8.12. The molecule has 10 heteroatoms. The third-order valence-electron chi connectivity index (χ3n) is 3.61. The fourth-order valence-corrected chi connectivity index (χ4v) is 2.10. The van der Waals surface area contributed by atoms with E-state index < -0.39 is 29.5 Å². The number of anilines is 2. The number of carbonyl (C=O) groups is 3. The molecule has 2 N–H and O–H groups in total. The van der Waals surface area contributed by atoms with E-state index >= 15 is 0 Å². The minimum absolute atomic E-state index is 0.0476. The number of benzene rings is 1. The number of halogens is 3. The van der Waals surface area contributed by atoms with Crippen LogP contribution in [0.1, 0.15) is 22.8 Å². The van der Waals surface area contributed by atoms with Crippen LogP contribution in [0.25, 0.3) is 0 Å². The van der Waals surface area contributed by atoms with E-state index in [0.717, 1.165) is 18.2 Å². The van der Waals surface area contributed by atoms with Crippen LogP contribution >= 0.6 is 0 Å². The van der Waals surface area contributed by atoms with Gasteiger partial charge in [-0.05, 0) is 43.3 Å². The van der Waals surface area contributed by atoms with Gasteiger partial charge in [0.05, 0.1) is 18.2 Å². The molecule has 0 fully saturated rings. The number of alkyl halides is 3. The number of esters is 1. The number of rotatable bonds is 5. The molecule has 0 saturated carbocycles. The van der Waals surface area contributed by atoms with Crippen molar-refractivity contribution in [3.63, 3.8) is 0 Å². The summed E-state index contributed by atoms with van der Waals surface area (Å²) in [6.45, 7) is 1.39. The van der Waals surface area contributed by atoms with Crippen molar-refractivity contribution in [3.8, 4) is 0 Å². The maximum atomic E-state index is 12.5. The van der Waals surface area contributed by atoms with Crippen molar-refractivity contribution >= 4 is 29.3 Å². The zero-order valence-corrected chi connectivity index (χ0v) is 15.3. The summed E-state index contributed by atoms with van der Waals surface area (Å²) in [6, 6.07) is 7.69. The Hall–Kier alpha value is -3.69. The third-order valence-corrected chi connectivity index (χ3v) is 3.61. The molecule has 1 heterocycles. The lowest BCUT2D eigenvalue weighted by molar-refractivity contribution is -0.137. The second-order valence-corrected chi connectivity index (χ2v) is 5.77. The fourth-order valence-electron chi connectivity index (χ4n) is 2.10. The molecule has 1 aromatic carbocycles. The summed E-state index contributed by atoms with van der Waals surface area (Å²) in [5.41, 5.74) is -0.201. The molecule has 0 unspecified atom stereocenters. The maximum absolute atomic E-state index is 12.5. The highest BCUT2D eigenvalue weighted by atomic mass is 19.4. The standard InChI is InChI=1S/C19H16F3N3O4/c1-11(17(27)24-14-6-3-12(4-7-14)18(28)29-2)9-16(26)25-15-8-5-13(10-23-15)19(20,21)22/h3-10H,1-2H3,(H,24,27)(H,23,25,26)/b11-9+. The average Bonchev–Trinajstić information content (AvgIpc) is 2.67. The van der Waals surface area contributed by atoms with Crippen LogP contribution in [-0.2, 0) is 20.5 Å². The normalized spacial score (nSPS) is 11.6. The molecule has 0 saturated heterocycles. The van der Waals surface area contributed by atoms with Crippen LogP contribution in [0.4, 0.5) is 24.7 Å². The molecule has 0 aliphatic carbocycles. The van der Waals surface area contributed by atoms with E-state index in [2.05, 4.69) is 20.4 Å². The predicted molar refractivity (Wildman–Crippen MR) is 98.0 cm³/mol. The van der Waals surface area contributed by atoms with Crippen LogP contribution in [0, 0.1) is 0 Å². The van der Waals surface area contributed by atoms with E-state index in [1.165, 1.54) is 38.3 Å². The van der Waals surface area contributed by atoms with Crippen LogP contribution in [0.15, 0.2) is 54.2 Å². The molecule has 152 valence electrons. The molecule has 0 aliphatic rings. The van der Waals surface area contributed by atoms with Crippen LogP contribution in [-0.4, -0.2) is 29.9 Å². The lowest BCUT2D eigenvalue weighted by Gasteiger charge is -2.08. The van der Waals surface area contributed by atoms with E-state index in [0.29, 0.717) is 17.4 Å². The van der Waals surface area contributed by atoms with Gasteiger partial charge >= 0.3 is 12.1 Å². The van der Waals surface area contributed by atoms with Gasteiger partial charge in [-0.2, -0.15) is 13.2 Å². The Bertz CT molecular complexity index is 937. The topological polar surface area (TPSA) is 97.4 Å². The summed E-state index contributed by atoms with van der Waals surface area (Å²) in [4.78, 5) is 39.0. The third kappa shape index (κ3) is 6.16.